The zero-order valence-corrected chi connectivity index (χ0v) is 12.5. The molecule has 0 amide bonds. The van der Waals surface area contributed by atoms with Gasteiger partial charge in [0, 0.05) is 12.6 Å². The molecule has 0 bridgehead atoms. The summed E-state index contributed by atoms with van der Waals surface area (Å²) in [4.78, 5) is 4.63. The second-order valence-corrected chi connectivity index (χ2v) is 5.36. The Kier molecular flexibility index (Phi) is 3.13. The van der Waals surface area contributed by atoms with E-state index in [0.29, 0.717) is 0 Å². The van der Waals surface area contributed by atoms with Crippen LogP contribution in [-0.2, 0) is 7.05 Å². The minimum Gasteiger partial charge on any atom is -0.326 e. The number of benzene rings is 1. The van der Waals surface area contributed by atoms with E-state index < -0.39 is 0 Å². The third-order valence-corrected chi connectivity index (χ3v) is 4.25. The fourth-order valence-corrected chi connectivity index (χ4v) is 2.53. The van der Waals surface area contributed by atoms with Gasteiger partial charge in [0.1, 0.15) is 16.1 Å². The Hall–Kier alpha value is -1.09. The summed E-state index contributed by atoms with van der Waals surface area (Å²) in [6.45, 7) is 8.44. The first-order valence-corrected chi connectivity index (χ1v) is 6.48. The molecule has 0 fully saturated rings. The standard InChI is InChI=1S/C14H17BrN2/c1-8-6-10(3)12(7-9(8)2)13-14(15)17(5)11(4)16-13/h6-7H,1-5H3. The highest BCUT2D eigenvalue weighted by Crippen LogP contribution is 2.31. The van der Waals surface area contributed by atoms with Gasteiger partial charge in [-0.05, 0) is 66.4 Å². The molecule has 1 aromatic heterocycles. The van der Waals surface area contributed by atoms with Gasteiger partial charge in [-0.15, -0.1) is 0 Å². The minimum absolute atomic E-state index is 1.02. The molecule has 0 saturated carbocycles. The van der Waals surface area contributed by atoms with Crippen LogP contribution < -0.4 is 0 Å². The highest BCUT2D eigenvalue weighted by Gasteiger charge is 2.14. The summed E-state index contributed by atoms with van der Waals surface area (Å²) in [7, 11) is 2.02. The van der Waals surface area contributed by atoms with Crippen molar-refractivity contribution in [2.24, 2.45) is 7.05 Å². The van der Waals surface area contributed by atoms with E-state index >= 15 is 0 Å². The van der Waals surface area contributed by atoms with Crippen molar-refractivity contribution in [1.29, 1.82) is 0 Å². The van der Waals surface area contributed by atoms with E-state index in [1.807, 2.05) is 14.0 Å². The third-order valence-electron chi connectivity index (χ3n) is 3.34. The summed E-state index contributed by atoms with van der Waals surface area (Å²) >= 11 is 3.62. The number of halogens is 1. The summed E-state index contributed by atoms with van der Waals surface area (Å²) in [6.07, 6.45) is 0. The van der Waals surface area contributed by atoms with Crippen LogP contribution in [0, 0.1) is 27.7 Å². The van der Waals surface area contributed by atoms with Gasteiger partial charge in [0.25, 0.3) is 0 Å². The molecule has 0 aliphatic rings. The summed E-state index contributed by atoms with van der Waals surface area (Å²) in [6, 6.07) is 4.44. The first kappa shape index (κ1) is 12.4. The van der Waals surface area contributed by atoms with Crippen LogP contribution in [0.5, 0.6) is 0 Å². The summed E-state index contributed by atoms with van der Waals surface area (Å²) in [5.74, 6) is 1.02. The third kappa shape index (κ3) is 2.04. The SMILES string of the molecule is Cc1cc(C)c(-c2nc(C)n(C)c2Br)cc1C. The van der Waals surface area contributed by atoms with Crippen LogP contribution in [0.1, 0.15) is 22.5 Å². The highest BCUT2D eigenvalue weighted by molar-refractivity contribution is 9.10. The van der Waals surface area contributed by atoms with E-state index in [-0.39, 0.29) is 0 Å². The van der Waals surface area contributed by atoms with Gasteiger partial charge in [-0.2, -0.15) is 0 Å². The molecule has 0 aliphatic carbocycles. The highest BCUT2D eigenvalue weighted by atomic mass is 79.9. The number of aryl methyl sites for hydroxylation is 4. The molecule has 90 valence electrons. The molecule has 2 nitrogen and oxygen atoms in total. The van der Waals surface area contributed by atoms with Gasteiger partial charge < -0.3 is 4.57 Å². The van der Waals surface area contributed by atoms with Crippen molar-refractivity contribution in [2.75, 3.05) is 0 Å². The number of hydrogen-bond acceptors (Lipinski definition) is 1. The van der Waals surface area contributed by atoms with Crippen LogP contribution in [0.4, 0.5) is 0 Å². The Labute approximate surface area is 111 Å². The van der Waals surface area contributed by atoms with E-state index in [4.69, 9.17) is 0 Å². The summed E-state index contributed by atoms with van der Waals surface area (Å²) in [5.41, 5.74) is 6.15. The van der Waals surface area contributed by atoms with Gasteiger partial charge in [-0.1, -0.05) is 6.07 Å². The largest absolute Gasteiger partial charge is 0.326 e. The van der Waals surface area contributed by atoms with Gasteiger partial charge in [-0.3, -0.25) is 0 Å². The first-order valence-electron chi connectivity index (χ1n) is 5.69. The molecule has 0 atom stereocenters. The molecule has 0 saturated heterocycles. The quantitative estimate of drug-likeness (QED) is 0.774. The smallest absolute Gasteiger partial charge is 0.112 e. The number of aromatic nitrogens is 2. The van der Waals surface area contributed by atoms with E-state index in [0.717, 1.165) is 16.1 Å². The van der Waals surface area contributed by atoms with Crippen molar-refractivity contribution >= 4 is 15.9 Å². The number of hydrogen-bond donors (Lipinski definition) is 0. The van der Waals surface area contributed by atoms with Crippen molar-refractivity contribution in [3.05, 3.63) is 39.3 Å². The monoisotopic (exact) mass is 292 g/mol. The first-order chi connectivity index (χ1) is 7.91. The normalized spacial score (nSPS) is 10.9. The predicted molar refractivity (Wildman–Crippen MR) is 75.3 cm³/mol. The average molecular weight is 293 g/mol. The van der Waals surface area contributed by atoms with Crippen molar-refractivity contribution in [3.63, 3.8) is 0 Å². The van der Waals surface area contributed by atoms with E-state index in [1.54, 1.807) is 0 Å². The summed E-state index contributed by atoms with van der Waals surface area (Å²) < 4.78 is 3.10. The van der Waals surface area contributed by atoms with Crippen molar-refractivity contribution < 1.29 is 0 Å². The number of rotatable bonds is 1. The molecule has 0 aliphatic heterocycles. The molecule has 17 heavy (non-hydrogen) atoms. The Morgan fingerprint density at radius 3 is 2.12 bits per heavy atom. The van der Waals surface area contributed by atoms with Crippen LogP contribution in [0.25, 0.3) is 11.3 Å². The second-order valence-electron chi connectivity index (χ2n) is 4.61. The fraction of sp³-hybridized carbons (Fsp3) is 0.357. The molecular formula is C14H17BrN2. The van der Waals surface area contributed by atoms with Crippen molar-refractivity contribution in [1.82, 2.24) is 9.55 Å². The number of nitrogens with zero attached hydrogens (tertiary/aromatic N) is 2. The lowest BCUT2D eigenvalue weighted by atomic mass is 9.99. The maximum Gasteiger partial charge on any atom is 0.112 e. The molecule has 1 aromatic carbocycles. The lowest BCUT2D eigenvalue weighted by Crippen LogP contribution is -1.91. The number of imidazole rings is 1. The van der Waals surface area contributed by atoms with Gasteiger partial charge in [0.2, 0.25) is 0 Å². The molecule has 2 rings (SSSR count). The fourth-order valence-electron chi connectivity index (χ4n) is 1.97. The molecular weight excluding hydrogens is 276 g/mol. The van der Waals surface area contributed by atoms with Crippen LogP contribution in [0.2, 0.25) is 0 Å². The van der Waals surface area contributed by atoms with Gasteiger partial charge >= 0.3 is 0 Å². The van der Waals surface area contributed by atoms with E-state index in [2.05, 4.69) is 58.4 Å². The van der Waals surface area contributed by atoms with E-state index in [1.165, 1.54) is 22.3 Å². The van der Waals surface area contributed by atoms with Gasteiger partial charge in [0.05, 0.1) is 0 Å². The Morgan fingerprint density at radius 2 is 1.59 bits per heavy atom. The zero-order valence-electron chi connectivity index (χ0n) is 10.9. The Morgan fingerprint density at radius 1 is 1.00 bits per heavy atom. The molecule has 3 heteroatoms. The Bertz CT molecular complexity index is 582. The van der Waals surface area contributed by atoms with Crippen LogP contribution >= 0.6 is 15.9 Å². The molecule has 0 radical (unpaired) electrons. The lowest BCUT2D eigenvalue weighted by molar-refractivity contribution is 0.840. The van der Waals surface area contributed by atoms with Crippen LogP contribution in [0.15, 0.2) is 16.7 Å². The van der Waals surface area contributed by atoms with Crippen LogP contribution in [-0.4, -0.2) is 9.55 Å². The van der Waals surface area contributed by atoms with E-state index in [9.17, 15) is 0 Å². The van der Waals surface area contributed by atoms with Crippen molar-refractivity contribution in [3.8, 4) is 11.3 Å². The van der Waals surface area contributed by atoms with Gasteiger partial charge in [-0.25, -0.2) is 4.98 Å². The Balaban J connectivity index is 2.68. The maximum absolute atomic E-state index is 4.63. The second kappa shape index (κ2) is 4.30. The summed E-state index contributed by atoms with van der Waals surface area (Å²) in [5, 5.41) is 0. The molecule has 0 N–H and O–H groups in total. The average Bonchev–Trinajstić information content (AvgIpc) is 2.51. The molecule has 0 spiro atoms. The maximum atomic E-state index is 4.63. The molecule has 2 aromatic rings. The lowest BCUT2D eigenvalue weighted by Gasteiger charge is -2.08. The molecule has 1 heterocycles. The van der Waals surface area contributed by atoms with Gasteiger partial charge in [0.15, 0.2) is 0 Å². The van der Waals surface area contributed by atoms with Crippen LogP contribution in [0.3, 0.4) is 0 Å². The predicted octanol–water partition coefficient (Wildman–Crippen LogP) is 4.08. The topological polar surface area (TPSA) is 17.8 Å². The minimum atomic E-state index is 1.02. The van der Waals surface area contributed by atoms with Crippen molar-refractivity contribution in [2.45, 2.75) is 27.7 Å². The zero-order chi connectivity index (χ0) is 12.7. The molecule has 0 unspecified atom stereocenters.